The van der Waals surface area contributed by atoms with Gasteiger partial charge in [0.25, 0.3) is 0 Å². The second-order valence-electron chi connectivity index (χ2n) is 11.5. The molecule has 0 aliphatic carbocycles. The Hall–Kier alpha value is -6.48. The Morgan fingerprint density at radius 1 is 0.304 bits per heavy atom. The number of rotatable bonds is 4. The molecule has 0 saturated heterocycles. The lowest BCUT2D eigenvalue weighted by Crippen LogP contribution is -1.92. The SMILES string of the molecule is N#Cc1cccc(-c2cc3c4ccc(-c5ccccc5)cc4c(-c4ccccc4C#N)cc3c3ccc(-c4ccccc4)cc23)c1. The summed E-state index contributed by atoms with van der Waals surface area (Å²) in [7, 11) is 0. The number of hydrogen-bond donors (Lipinski definition) is 0. The van der Waals surface area contributed by atoms with Crippen molar-refractivity contribution in [3.63, 3.8) is 0 Å². The van der Waals surface area contributed by atoms with Crippen LogP contribution in [0.3, 0.4) is 0 Å². The fourth-order valence-corrected chi connectivity index (χ4v) is 6.70. The zero-order valence-corrected chi connectivity index (χ0v) is 24.9. The minimum atomic E-state index is 0.630. The molecule has 0 saturated carbocycles. The lowest BCUT2D eigenvalue weighted by molar-refractivity contribution is 1.48. The van der Waals surface area contributed by atoms with E-state index in [2.05, 4.69) is 115 Å². The van der Waals surface area contributed by atoms with Gasteiger partial charge in [0.2, 0.25) is 0 Å². The average molecular weight is 583 g/mol. The van der Waals surface area contributed by atoms with E-state index in [-0.39, 0.29) is 0 Å². The Kier molecular flexibility index (Phi) is 6.61. The summed E-state index contributed by atoms with van der Waals surface area (Å²) in [6.07, 6.45) is 0. The maximum Gasteiger partial charge on any atom is 0.0998 e. The highest BCUT2D eigenvalue weighted by atomic mass is 14.3. The van der Waals surface area contributed by atoms with E-state index < -0.39 is 0 Å². The van der Waals surface area contributed by atoms with Crippen LogP contribution in [0.1, 0.15) is 11.1 Å². The summed E-state index contributed by atoms with van der Waals surface area (Å²) in [4.78, 5) is 0. The maximum absolute atomic E-state index is 10.1. The Labute approximate surface area is 267 Å². The van der Waals surface area contributed by atoms with Crippen LogP contribution in [0.15, 0.2) is 158 Å². The van der Waals surface area contributed by atoms with Crippen LogP contribution >= 0.6 is 0 Å². The molecule has 0 unspecified atom stereocenters. The highest BCUT2D eigenvalue weighted by Gasteiger charge is 2.17. The molecule has 0 amide bonds. The van der Waals surface area contributed by atoms with Crippen LogP contribution in [0.4, 0.5) is 0 Å². The highest BCUT2D eigenvalue weighted by Crippen LogP contribution is 2.44. The van der Waals surface area contributed by atoms with Gasteiger partial charge in [0.1, 0.15) is 0 Å². The monoisotopic (exact) mass is 582 g/mol. The summed E-state index contributed by atoms with van der Waals surface area (Å²) in [6.45, 7) is 0. The van der Waals surface area contributed by atoms with Gasteiger partial charge in [0, 0.05) is 5.56 Å². The maximum atomic E-state index is 10.1. The normalized spacial score (nSPS) is 11.0. The van der Waals surface area contributed by atoms with Crippen molar-refractivity contribution in [2.45, 2.75) is 0 Å². The van der Waals surface area contributed by atoms with Crippen LogP contribution in [-0.2, 0) is 0 Å². The average Bonchev–Trinajstić information content (AvgIpc) is 3.14. The van der Waals surface area contributed by atoms with Crippen molar-refractivity contribution in [2.24, 2.45) is 0 Å². The van der Waals surface area contributed by atoms with Crippen molar-refractivity contribution < 1.29 is 0 Å². The Morgan fingerprint density at radius 2 is 0.848 bits per heavy atom. The molecule has 0 aliphatic heterocycles. The van der Waals surface area contributed by atoms with Crippen LogP contribution in [0.5, 0.6) is 0 Å². The van der Waals surface area contributed by atoms with Gasteiger partial charge < -0.3 is 0 Å². The topological polar surface area (TPSA) is 47.6 Å². The Balaban J connectivity index is 1.52. The molecular weight excluding hydrogens is 556 g/mol. The lowest BCUT2D eigenvalue weighted by Gasteiger charge is -2.18. The van der Waals surface area contributed by atoms with Gasteiger partial charge in [-0.25, -0.2) is 0 Å². The van der Waals surface area contributed by atoms with Crippen molar-refractivity contribution in [2.75, 3.05) is 0 Å². The predicted molar refractivity (Wildman–Crippen MR) is 190 cm³/mol. The number of fused-ring (bicyclic) bond motifs is 5. The molecular formula is C44H26N2. The molecule has 2 nitrogen and oxygen atoms in total. The number of nitriles is 2. The molecule has 0 atom stereocenters. The van der Waals surface area contributed by atoms with E-state index in [4.69, 9.17) is 0 Å². The van der Waals surface area contributed by atoms with E-state index in [1.54, 1.807) is 0 Å². The third-order valence-corrected chi connectivity index (χ3v) is 8.92. The van der Waals surface area contributed by atoms with E-state index in [1.807, 2.05) is 54.6 Å². The van der Waals surface area contributed by atoms with Crippen molar-refractivity contribution in [3.05, 3.63) is 169 Å². The van der Waals surface area contributed by atoms with E-state index in [9.17, 15) is 10.5 Å². The molecule has 0 aliphatic rings. The molecule has 0 radical (unpaired) electrons. The summed E-state index contributed by atoms with van der Waals surface area (Å²) >= 11 is 0. The second kappa shape index (κ2) is 11.2. The molecule has 0 fully saturated rings. The molecule has 2 heteroatoms. The predicted octanol–water partition coefficient (Wildman–Crippen LogP) is 11.6. The van der Waals surface area contributed by atoms with Crippen LogP contribution in [0, 0.1) is 22.7 Å². The van der Waals surface area contributed by atoms with Gasteiger partial charge in [0.05, 0.1) is 23.3 Å². The summed E-state index contributed by atoms with van der Waals surface area (Å²) in [6, 6.07) is 59.2. The first-order chi connectivity index (χ1) is 22.7. The fourth-order valence-electron chi connectivity index (χ4n) is 6.70. The van der Waals surface area contributed by atoms with Gasteiger partial charge in [-0.05, 0) is 114 Å². The second-order valence-corrected chi connectivity index (χ2v) is 11.5. The molecule has 8 aromatic carbocycles. The number of benzene rings is 8. The molecule has 0 aromatic heterocycles. The Bertz CT molecular complexity index is 2530. The van der Waals surface area contributed by atoms with Crippen LogP contribution in [0.2, 0.25) is 0 Å². The first kappa shape index (κ1) is 27.1. The standard InChI is InChI=1S/C44H26N2/c45-27-29-10-9-16-34(22-29)39-25-43-38-21-19-33(31-13-5-2-6-14-31)24-41(38)42(36-17-8-7-15-35(36)28-46)26-44(43)37-20-18-32(23-40(37)39)30-11-3-1-4-12-30/h1-26H. The molecule has 8 aromatic rings. The lowest BCUT2D eigenvalue weighted by atomic mass is 9.85. The first-order valence-electron chi connectivity index (χ1n) is 15.3. The van der Waals surface area contributed by atoms with Crippen molar-refractivity contribution in [3.8, 4) is 56.6 Å². The number of hydrogen-bond acceptors (Lipinski definition) is 2. The molecule has 8 rings (SSSR count). The summed E-state index contributed by atoms with van der Waals surface area (Å²) in [5.41, 5.74) is 9.86. The fraction of sp³-hybridized carbons (Fsp3) is 0. The largest absolute Gasteiger partial charge is 0.192 e. The molecule has 0 N–H and O–H groups in total. The zero-order chi connectivity index (χ0) is 31.0. The van der Waals surface area contributed by atoms with E-state index in [0.29, 0.717) is 11.1 Å². The van der Waals surface area contributed by atoms with Gasteiger partial charge in [-0.3, -0.25) is 0 Å². The minimum Gasteiger partial charge on any atom is -0.192 e. The molecule has 0 bridgehead atoms. The summed E-state index contributed by atoms with van der Waals surface area (Å²) < 4.78 is 0. The van der Waals surface area contributed by atoms with Crippen molar-refractivity contribution in [1.82, 2.24) is 0 Å². The van der Waals surface area contributed by atoms with Gasteiger partial charge in [-0.2, -0.15) is 10.5 Å². The quantitative estimate of drug-likeness (QED) is 0.194. The zero-order valence-electron chi connectivity index (χ0n) is 24.9. The number of nitrogens with zero attached hydrogens (tertiary/aromatic N) is 2. The van der Waals surface area contributed by atoms with Crippen LogP contribution < -0.4 is 0 Å². The van der Waals surface area contributed by atoms with Crippen LogP contribution in [-0.4, -0.2) is 0 Å². The third kappa shape index (κ3) is 4.58. The summed E-state index contributed by atoms with van der Waals surface area (Å²) in [5, 5.41) is 26.6. The van der Waals surface area contributed by atoms with E-state index in [0.717, 1.165) is 76.8 Å². The first-order valence-corrected chi connectivity index (χ1v) is 15.3. The van der Waals surface area contributed by atoms with Gasteiger partial charge >= 0.3 is 0 Å². The van der Waals surface area contributed by atoms with E-state index >= 15 is 0 Å². The highest BCUT2D eigenvalue weighted by molar-refractivity contribution is 6.24. The summed E-state index contributed by atoms with van der Waals surface area (Å²) in [5.74, 6) is 0. The van der Waals surface area contributed by atoms with Gasteiger partial charge in [-0.1, -0.05) is 115 Å². The van der Waals surface area contributed by atoms with Crippen molar-refractivity contribution >= 4 is 32.3 Å². The van der Waals surface area contributed by atoms with Crippen LogP contribution in [0.25, 0.3) is 76.8 Å². The molecule has 212 valence electrons. The van der Waals surface area contributed by atoms with Gasteiger partial charge in [-0.15, -0.1) is 0 Å². The van der Waals surface area contributed by atoms with Crippen molar-refractivity contribution in [1.29, 1.82) is 10.5 Å². The Morgan fingerprint density at radius 3 is 1.46 bits per heavy atom. The molecule has 46 heavy (non-hydrogen) atoms. The third-order valence-electron chi connectivity index (χ3n) is 8.92. The molecule has 0 heterocycles. The van der Waals surface area contributed by atoms with E-state index in [1.165, 1.54) is 0 Å². The molecule has 0 spiro atoms. The minimum absolute atomic E-state index is 0.630. The van der Waals surface area contributed by atoms with Gasteiger partial charge in [0.15, 0.2) is 0 Å². The smallest absolute Gasteiger partial charge is 0.0998 e.